The van der Waals surface area contributed by atoms with Crippen molar-refractivity contribution in [2.75, 3.05) is 26.2 Å². The highest BCUT2D eigenvalue weighted by atomic mass is 16.2. The van der Waals surface area contributed by atoms with E-state index in [-0.39, 0.29) is 16.9 Å². The van der Waals surface area contributed by atoms with Crippen LogP contribution in [0.3, 0.4) is 0 Å². The van der Waals surface area contributed by atoms with E-state index in [1.54, 1.807) is 11.0 Å². The second-order valence-electron chi connectivity index (χ2n) is 9.22. The van der Waals surface area contributed by atoms with Crippen molar-refractivity contribution in [2.24, 2.45) is 23.2 Å². The third kappa shape index (κ3) is 2.89. The first kappa shape index (κ1) is 17.0. The molecule has 0 unspecified atom stereocenters. The van der Waals surface area contributed by atoms with Crippen LogP contribution in [0.1, 0.15) is 48.9 Å². The number of aromatic nitrogens is 1. The van der Waals surface area contributed by atoms with Gasteiger partial charge in [-0.15, -0.1) is 0 Å². The van der Waals surface area contributed by atoms with Gasteiger partial charge >= 0.3 is 0 Å². The zero-order chi connectivity index (χ0) is 18.6. The Hall–Kier alpha value is -2.11. The zero-order valence-corrected chi connectivity index (χ0v) is 15.7. The van der Waals surface area contributed by atoms with Gasteiger partial charge in [0.2, 0.25) is 11.5 Å². The van der Waals surface area contributed by atoms with Crippen LogP contribution in [-0.4, -0.2) is 52.8 Å². The molecule has 4 aliphatic carbocycles. The molecule has 1 saturated heterocycles. The SMILES string of the molecule is O=C(c1ccc(=O)[nH]c1)N1CCN(C(=O)C23CC4CC(CC(C4)C2)C3)CC1. The molecule has 144 valence electrons. The van der Waals surface area contributed by atoms with E-state index in [0.29, 0.717) is 37.6 Å². The maximum Gasteiger partial charge on any atom is 0.255 e. The molecule has 5 aliphatic rings. The van der Waals surface area contributed by atoms with Crippen LogP contribution in [-0.2, 0) is 4.79 Å². The molecule has 0 spiro atoms. The fourth-order valence-corrected chi connectivity index (χ4v) is 6.55. The van der Waals surface area contributed by atoms with E-state index in [0.717, 1.165) is 37.0 Å². The van der Waals surface area contributed by atoms with Gasteiger partial charge in [0.1, 0.15) is 0 Å². The fraction of sp³-hybridized carbons (Fsp3) is 0.667. The molecule has 5 fully saturated rings. The molecule has 1 aromatic rings. The maximum atomic E-state index is 13.4. The van der Waals surface area contributed by atoms with E-state index >= 15 is 0 Å². The smallest absolute Gasteiger partial charge is 0.255 e. The molecule has 4 saturated carbocycles. The Labute approximate surface area is 158 Å². The molecule has 0 atom stereocenters. The highest BCUT2D eigenvalue weighted by Gasteiger charge is 2.55. The van der Waals surface area contributed by atoms with Crippen molar-refractivity contribution in [2.45, 2.75) is 38.5 Å². The lowest BCUT2D eigenvalue weighted by Gasteiger charge is -2.57. The lowest BCUT2D eigenvalue weighted by atomic mass is 9.49. The summed E-state index contributed by atoms with van der Waals surface area (Å²) < 4.78 is 0. The van der Waals surface area contributed by atoms with Crippen LogP contribution in [0.4, 0.5) is 0 Å². The van der Waals surface area contributed by atoms with Crippen LogP contribution >= 0.6 is 0 Å². The predicted octanol–water partition coefficient (Wildman–Crippen LogP) is 1.88. The van der Waals surface area contributed by atoms with E-state index in [1.807, 2.05) is 4.90 Å². The minimum atomic E-state index is -0.211. The monoisotopic (exact) mass is 369 g/mol. The summed E-state index contributed by atoms with van der Waals surface area (Å²) in [6, 6.07) is 2.94. The lowest BCUT2D eigenvalue weighted by molar-refractivity contribution is -0.159. The van der Waals surface area contributed by atoms with Gasteiger partial charge in [-0.25, -0.2) is 0 Å². The summed E-state index contributed by atoms with van der Waals surface area (Å²) in [7, 11) is 0. The van der Waals surface area contributed by atoms with Gasteiger partial charge in [0.05, 0.1) is 11.0 Å². The second-order valence-corrected chi connectivity index (χ2v) is 9.22. The van der Waals surface area contributed by atoms with Crippen LogP contribution in [0.15, 0.2) is 23.1 Å². The predicted molar refractivity (Wildman–Crippen MR) is 100 cm³/mol. The molecule has 6 nitrogen and oxygen atoms in total. The number of carbonyl (C=O) groups is 2. The molecule has 1 aromatic heterocycles. The normalized spacial score (nSPS) is 34.7. The summed E-state index contributed by atoms with van der Waals surface area (Å²) in [5.41, 5.74) is 0.188. The number of carbonyl (C=O) groups excluding carboxylic acids is 2. The number of rotatable bonds is 2. The van der Waals surface area contributed by atoms with E-state index < -0.39 is 0 Å². The van der Waals surface area contributed by atoms with E-state index in [1.165, 1.54) is 31.5 Å². The molecule has 2 amide bonds. The Morgan fingerprint density at radius 1 is 0.889 bits per heavy atom. The lowest BCUT2D eigenvalue weighted by Crippen LogP contribution is -2.58. The fourth-order valence-electron chi connectivity index (χ4n) is 6.55. The Balaban J connectivity index is 1.24. The summed E-state index contributed by atoms with van der Waals surface area (Å²) in [6.45, 7) is 2.37. The topological polar surface area (TPSA) is 73.5 Å². The number of H-pyrrole nitrogens is 1. The minimum Gasteiger partial charge on any atom is -0.339 e. The van der Waals surface area contributed by atoms with Gasteiger partial charge in [-0.05, 0) is 62.3 Å². The Bertz CT molecular complexity index is 766. The number of hydrogen-bond acceptors (Lipinski definition) is 3. The summed E-state index contributed by atoms with van der Waals surface area (Å²) in [6.07, 6.45) is 8.77. The number of nitrogens with zero attached hydrogens (tertiary/aromatic N) is 2. The quantitative estimate of drug-likeness (QED) is 0.865. The van der Waals surface area contributed by atoms with Crippen molar-refractivity contribution in [1.82, 2.24) is 14.8 Å². The average Bonchev–Trinajstić information content (AvgIpc) is 2.66. The largest absolute Gasteiger partial charge is 0.339 e. The highest BCUT2D eigenvalue weighted by molar-refractivity contribution is 5.94. The van der Waals surface area contributed by atoms with E-state index in [2.05, 4.69) is 4.98 Å². The van der Waals surface area contributed by atoms with Gasteiger partial charge in [-0.1, -0.05) is 0 Å². The van der Waals surface area contributed by atoms with Crippen LogP contribution in [0.25, 0.3) is 0 Å². The molecule has 6 heteroatoms. The van der Waals surface area contributed by atoms with E-state index in [9.17, 15) is 14.4 Å². The Morgan fingerprint density at radius 3 is 1.96 bits per heavy atom. The van der Waals surface area contributed by atoms with Gasteiger partial charge in [-0.2, -0.15) is 0 Å². The van der Waals surface area contributed by atoms with Crippen molar-refractivity contribution in [3.05, 3.63) is 34.2 Å². The number of nitrogens with one attached hydrogen (secondary N) is 1. The van der Waals surface area contributed by atoms with Crippen LogP contribution in [0.5, 0.6) is 0 Å². The van der Waals surface area contributed by atoms with Crippen molar-refractivity contribution < 1.29 is 9.59 Å². The standard InChI is InChI=1S/C21H27N3O3/c25-18-2-1-17(13-22-18)19(26)23-3-5-24(6-4-23)20(27)21-10-14-7-15(11-21)9-16(8-14)12-21/h1-2,13-16H,3-12H2,(H,22,25). The first-order valence-electron chi connectivity index (χ1n) is 10.3. The van der Waals surface area contributed by atoms with Crippen molar-refractivity contribution >= 4 is 11.8 Å². The summed E-state index contributed by atoms with van der Waals surface area (Å²) in [4.78, 5) is 43.6. The molecule has 6 rings (SSSR count). The highest BCUT2D eigenvalue weighted by Crippen LogP contribution is 2.60. The molecule has 0 radical (unpaired) electrons. The van der Waals surface area contributed by atoms with Crippen molar-refractivity contribution in [3.8, 4) is 0 Å². The first-order chi connectivity index (χ1) is 13.0. The molecule has 27 heavy (non-hydrogen) atoms. The van der Waals surface area contributed by atoms with Crippen LogP contribution in [0, 0.1) is 23.2 Å². The van der Waals surface area contributed by atoms with Gasteiger partial charge in [0.25, 0.3) is 5.91 Å². The van der Waals surface area contributed by atoms with Gasteiger partial charge < -0.3 is 14.8 Å². The van der Waals surface area contributed by atoms with Crippen LogP contribution < -0.4 is 5.56 Å². The molecular weight excluding hydrogens is 342 g/mol. The number of amides is 2. The van der Waals surface area contributed by atoms with Crippen molar-refractivity contribution in [3.63, 3.8) is 0 Å². The third-order valence-electron chi connectivity index (χ3n) is 7.38. The third-order valence-corrected chi connectivity index (χ3v) is 7.38. The Morgan fingerprint density at radius 2 is 1.44 bits per heavy atom. The van der Waals surface area contributed by atoms with Crippen LogP contribution in [0.2, 0.25) is 0 Å². The number of piperazine rings is 1. The molecular formula is C21H27N3O3. The first-order valence-corrected chi connectivity index (χ1v) is 10.3. The summed E-state index contributed by atoms with van der Waals surface area (Å²) in [5.74, 6) is 2.58. The van der Waals surface area contributed by atoms with Crippen molar-refractivity contribution in [1.29, 1.82) is 0 Å². The molecule has 0 aromatic carbocycles. The average molecular weight is 369 g/mol. The number of aromatic amines is 1. The van der Waals surface area contributed by atoms with Gasteiger partial charge in [-0.3, -0.25) is 14.4 Å². The summed E-state index contributed by atoms with van der Waals surface area (Å²) >= 11 is 0. The number of pyridine rings is 1. The molecule has 4 bridgehead atoms. The van der Waals surface area contributed by atoms with E-state index in [4.69, 9.17) is 0 Å². The summed E-state index contributed by atoms with van der Waals surface area (Å²) in [5, 5.41) is 0. The molecule has 1 aliphatic heterocycles. The molecule has 2 heterocycles. The van der Waals surface area contributed by atoms with Gasteiger partial charge in [0, 0.05) is 38.4 Å². The van der Waals surface area contributed by atoms with Gasteiger partial charge in [0.15, 0.2) is 0 Å². The second kappa shape index (κ2) is 6.21. The Kier molecular flexibility index (Phi) is 3.92. The minimum absolute atomic E-state index is 0.0758. The molecule has 1 N–H and O–H groups in total. The zero-order valence-electron chi connectivity index (χ0n) is 15.7. The number of hydrogen-bond donors (Lipinski definition) is 1. The maximum absolute atomic E-state index is 13.4.